The lowest BCUT2D eigenvalue weighted by atomic mass is 10.1. The van der Waals surface area contributed by atoms with Gasteiger partial charge in [-0.1, -0.05) is 30.3 Å². The Morgan fingerprint density at radius 3 is 2.52 bits per heavy atom. The fourth-order valence-corrected chi connectivity index (χ4v) is 2.07. The van der Waals surface area contributed by atoms with Gasteiger partial charge in [-0.15, -0.1) is 0 Å². The highest BCUT2D eigenvalue weighted by Crippen LogP contribution is 2.22. The van der Waals surface area contributed by atoms with E-state index in [1.54, 1.807) is 19.1 Å². The number of aryl methyl sites for hydroxylation is 2. The molecule has 0 spiro atoms. The minimum atomic E-state index is -0.452. The predicted octanol–water partition coefficient (Wildman–Crippen LogP) is 3.39. The van der Waals surface area contributed by atoms with E-state index in [0.717, 1.165) is 11.1 Å². The van der Waals surface area contributed by atoms with Crippen LogP contribution in [0.3, 0.4) is 0 Å². The SMILES string of the molecule is Cc1ccccc1CC(=O)Nc1ccc(C)c([N+](=O)[O-])c1. The number of amides is 1. The molecule has 0 bridgehead atoms. The zero-order chi connectivity index (χ0) is 15.4. The van der Waals surface area contributed by atoms with E-state index in [4.69, 9.17) is 0 Å². The van der Waals surface area contributed by atoms with Gasteiger partial charge in [-0.05, 0) is 31.0 Å². The van der Waals surface area contributed by atoms with Crippen LogP contribution < -0.4 is 5.32 Å². The van der Waals surface area contributed by atoms with Crippen LogP contribution in [-0.2, 0) is 11.2 Å². The Kier molecular flexibility index (Phi) is 4.33. The maximum atomic E-state index is 12.0. The molecule has 0 unspecified atom stereocenters. The molecule has 108 valence electrons. The Hall–Kier alpha value is -2.69. The highest BCUT2D eigenvalue weighted by atomic mass is 16.6. The van der Waals surface area contributed by atoms with Crippen LogP contribution in [0.4, 0.5) is 11.4 Å². The summed E-state index contributed by atoms with van der Waals surface area (Å²) >= 11 is 0. The number of rotatable bonds is 4. The summed E-state index contributed by atoms with van der Waals surface area (Å²) in [6.07, 6.45) is 0.244. The van der Waals surface area contributed by atoms with E-state index in [1.165, 1.54) is 6.07 Å². The van der Waals surface area contributed by atoms with Gasteiger partial charge in [0.25, 0.3) is 5.69 Å². The summed E-state index contributed by atoms with van der Waals surface area (Å²) in [6.45, 7) is 3.61. The van der Waals surface area contributed by atoms with Crippen LogP contribution in [0.2, 0.25) is 0 Å². The number of nitrogens with zero attached hydrogens (tertiary/aromatic N) is 1. The largest absolute Gasteiger partial charge is 0.326 e. The van der Waals surface area contributed by atoms with Crippen molar-refractivity contribution in [2.45, 2.75) is 20.3 Å². The molecule has 2 rings (SSSR count). The molecule has 5 heteroatoms. The lowest BCUT2D eigenvalue weighted by molar-refractivity contribution is -0.385. The number of nitro benzene ring substituents is 1. The summed E-state index contributed by atoms with van der Waals surface area (Å²) in [5.41, 5.74) is 2.99. The van der Waals surface area contributed by atoms with Gasteiger partial charge >= 0.3 is 0 Å². The highest BCUT2D eigenvalue weighted by Gasteiger charge is 2.12. The molecule has 0 saturated carbocycles. The molecule has 1 amide bonds. The molecule has 0 heterocycles. The Morgan fingerprint density at radius 2 is 1.86 bits per heavy atom. The van der Waals surface area contributed by atoms with E-state index < -0.39 is 4.92 Å². The lowest BCUT2D eigenvalue weighted by Gasteiger charge is -2.08. The van der Waals surface area contributed by atoms with Crippen LogP contribution in [0.5, 0.6) is 0 Å². The number of nitrogens with one attached hydrogen (secondary N) is 1. The van der Waals surface area contributed by atoms with Crippen molar-refractivity contribution in [2.24, 2.45) is 0 Å². The van der Waals surface area contributed by atoms with Crippen LogP contribution in [0.25, 0.3) is 0 Å². The predicted molar refractivity (Wildman–Crippen MR) is 81.3 cm³/mol. The summed E-state index contributed by atoms with van der Waals surface area (Å²) in [6, 6.07) is 12.3. The minimum absolute atomic E-state index is 0.00342. The maximum Gasteiger partial charge on any atom is 0.274 e. The summed E-state index contributed by atoms with van der Waals surface area (Å²) < 4.78 is 0. The third kappa shape index (κ3) is 3.66. The van der Waals surface area contributed by atoms with Crippen LogP contribution >= 0.6 is 0 Å². The number of carbonyl (C=O) groups excluding carboxylic acids is 1. The Balaban J connectivity index is 2.12. The topological polar surface area (TPSA) is 72.2 Å². The monoisotopic (exact) mass is 284 g/mol. The number of hydrogen-bond donors (Lipinski definition) is 1. The molecule has 0 saturated heterocycles. The van der Waals surface area contributed by atoms with E-state index >= 15 is 0 Å². The Labute approximate surface area is 122 Å². The van der Waals surface area contributed by atoms with Crippen LogP contribution in [0, 0.1) is 24.0 Å². The molecular weight excluding hydrogens is 268 g/mol. The molecule has 0 aliphatic heterocycles. The molecule has 5 nitrogen and oxygen atoms in total. The van der Waals surface area contributed by atoms with Gasteiger partial charge in [0, 0.05) is 17.3 Å². The van der Waals surface area contributed by atoms with Crippen LogP contribution in [-0.4, -0.2) is 10.8 Å². The number of hydrogen-bond acceptors (Lipinski definition) is 3. The van der Waals surface area contributed by atoms with Gasteiger partial charge in [-0.2, -0.15) is 0 Å². The van der Waals surface area contributed by atoms with Gasteiger partial charge < -0.3 is 5.32 Å². The van der Waals surface area contributed by atoms with Crippen molar-refractivity contribution in [3.05, 3.63) is 69.3 Å². The molecule has 0 fully saturated rings. The normalized spacial score (nSPS) is 10.2. The van der Waals surface area contributed by atoms with Gasteiger partial charge in [-0.3, -0.25) is 14.9 Å². The minimum Gasteiger partial charge on any atom is -0.326 e. The maximum absolute atomic E-state index is 12.0. The van der Waals surface area contributed by atoms with Crippen molar-refractivity contribution in [1.82, 2.24) is 0 Å². The third-order valence-corrected chi connectivity index (χ3v) is 3.30. The molecule has 0 aliphatic carbocycles. The lowest BCUT2D eigenvalue weighted by Crippen LogP contribution is -2.15. The molecule has 0 aromatic heterocycles. The molecule has 1 N–H and O–H groups in total. The summed E-state index contributed by atoms with van der Waals surface area (Å²) in [5, 5.41) is 13.6. The quantitative estimate of drug-likeness (QED) is 0.691. The zero-order valence-electron chi connectivity index (χ0n) is 11.9. The number of carbonyl (C=O) groups is 1. The van der Waals surface area contributed by atoms with Crippen LogP contribution in [0.15, 0.2) is 42.5 Å². The van der Waals surface area contributed by atoms with Crippen molar-refractivity contribution in [3.63, 3.8) is 0 Å². The molecule has 2 aromatic rings. The van der Waals surface area contributed by atoms with Gasteiger partial charge in [0.15, 0.2) is 0 Å². The standard InChI is InChI=1S/C16H16N2O3/c1-11-5-3-4-6-13(11)9-16(19)17-14-8-7-12(2)15(10-14)18(20)21/h3-8,10H,9H2,1-2H3,(H,17,19). The number of benzene rings is 2. The molecule has 0 atom stereocenters. The first-order valence-corrected chi connectivity index (χ1v) is 6.57. The first-order valence-electron chi connectivity index (χ1n) is 6.57. The van der Waals surface area contributed by atoms with Gasteiger partial charge in [0.1, 0.15) is 0 Å². The zero-order valence-corrected chi connectivity index (χ0v) is 11.9. The highest BCUT2D eigenvalue weighted by molar-refractivity contribution is 5.92. The first kappa shape index (κ1) is 14.7. The van der Waals surface area contributed by atoms with Crippen molar-refractivity contribution in [2.75, 3.05) is 5.32 Å². The van der Waals surface area contributed by atoms with Crippen molar-refractivity contribution in [1.29, 1.82) is 0 Å². The van der Waals surface area contributed by atoms with E-state index in [9.17, 15) is 14.9 Å². The summed E-state index contributed by atoms with van der Waals surface area (Å²) in [4.78, 5) is 22.5. The fourth-order valence-electron chi connectivity index (χ4n) is 2.07. The molecule has 0 radical (unpaired) electrons. The first-order chi connectivity index (χ1) is 9.97. The smallest absolute Gasteiger partial charge is 0.274 e. The van der Waals surface area contributed by atoms with Crippen molar-refractivity contribution < 1.29 is 9.72 Å². The molecule has 0 aliphatic rings. The Morgan fingerprint density at radius 1 is 1.14 bits per heavy atom. The van der Waals surface area contributed by atoms with E-state index in [0.29, 0.717) is 11.3 Å². The molecule has 2 aromatic carbocycles. The van der Waals surface area contributed by atoms with E-state index in [-0.39, 0.29) is 18.0 Å². The second kappa shape index (κ2) is 6.17. The summed E-state index contributed by atoms with van der Waals surface area (Å²) in [7, 11) is 0. The third-order valence-electron chi connectivity index (χ3n) is 3.30. The van der Waals surface area contributed by atoms with Gasteiger partial charge in [0.05, 0.1) is 11.3 Å². The van der Waals surface area contributed by atoms with Crippen LogP contribution in [0.1, 0.15) is 16.7 Å². The fraction of sp³-hybridized carbons (Fsp3) is 0.188. The van der Waals surface area contributed by atoms with Gasteiger partial charge in [0.2, 0.25) is 5.91 Å². The van der Waals surface area contributed by atoms with Crippen molar-refractivity contribution >= 4 is 17.3 Å². The average Bonchev–Trinajstić information content (AvgIpc) is 2.43. The molecule has 21 heavy (non-hydrogen) atoms. The number of anilines is 1. The Bertz CT molecular complexity index is 696. The summed E-state index contributed by atoms with van der Waals surface area (Å²) in [5.74, 6) is -0.192. The number of nitro groups is 1. The second-order valence-electron chi connectivity index (χ2n) is 4.91. The van der Waals surface area contributed by atoms with Gasteiger partial charge in [-0.25, -0.2) is 0 Å². The van der Waals surface area contributed by atoms with E-state index in [1.807, 2.05) is 31.2 Å². The van der Waals surface area contributed by atoms with Crippen molar-refractivity contribution in [3.8, 4) is 0 Å². The second-order valence-corrected chi connectivity index (χ2v) is 4.91. The van der Waals surface area contributed by atoms with E-state index in [2.05, 4.69) is 5.32 Å². The average molecular weight is 284 g/mol. The molecular formula is C16H16N2O3.